The van der Waals surface area contributed by atoms with E-state index in [1.165, 1.54) is 4.68 Å². The summed E-state index contributed by atoms with van der Waals surface area (Å²) < 4.78 is 29.8. The smallest absolute Gasteiger partial charge is 0.311 e. The molecule has 1 aliphatic rings. The van der Waals surface area contributed by atoms with Gasteiger partial charge in [0.05, 0.1) is 28.0 Å². The maximum absolute atomic E-state index is 11.7. The van der Waals surface area contributed by atoms with Crippen molar-refractivity contribution >= 4 is 33.3 Å². The van der Waals surface area contributed by atoms with E-state index in [-0.39, 0.29) is 17.5 Å². The Morgan fingerprint density at radius 3 is 2.80 bits per heavy atom. The summed E-state index contributed by atoms with van der Waals surface area (Å²) >= 11 is 12.0. The van der Waals surface area contributed by atoms with Gasteiger partial charge in [-0.15, -0.1) is 11.6 Å². The van der Waals surface area contributed by atoms with Crippen LogP contribution in [0.2, 0.25) is 5.02 Å². The van der Waals surface area contributed by atoms with Crippen molar-refractivity contribution in [3.8, 4) is 11.6 Å². The Hall–Kier alpha value is -1.24. The molecule has 0 N–H and O–H groups in total. The van der Waals surface area contributed by atoms with Crippen molar-refractivity contribution < 1.29 is 12.6 Å². The average Bonchev–Trinajstić information content (AvgIpc) is 2.75. The fourth-order valence-electron chi connectivity index (χ4n) is 2.10. The predicted octanol–water partition coefficient (Wildman–Crippen LogP) is 2.53. The number of aromatic nitrogens is 2. The van der Waals surface area contributed by atoms with Crippen LogP contribution in [0.25, 0.3) is 5.69 Å². The highest BCUT2D eigenvalue weighted by atomic mass is 35.5. The first-order chi connectivity index (χ1) is 9.52. The fraction of sp³-hybridized carbons (Fsp3) is 0.250. The lowest BCUT2D eigenvalue weighted by Crippen LogP contribution is -2.22. The lowest BCUT2D eigenvalue weighted by Gasteiger charge is -2.15. The van der Waals surface area contributed by atoms with E-state index in [0.29, 0.717) is 22.8 Å². The molecule has 0 aliphatic carbocycles. The van der Waals surface area contributed by atoms with E-state index in [1.807, 2.05) is 0 Å². The number of nitrogens with zero attached hydrogens (tertiary/aromatic N) is 2. The minimum absolute atomic E-state index is 0.0713. The van der Waals surface area contributed by atoms with Crippen LogP contribution < -0.4 is 4.18 Å². The van der Waals surface area contributed by atoms with E-state index >= 15 is 0 Å². The van der Waals surface area contributed by atoms with Crippen molar-refractivity contribution in [2.45, 2.75) is 12.3 Å². The molecule has 0 radical (unpaired) electrons. The van der Waals surface area contributed by atoms with Crippen LogP contribution in [-0.4, -0.2) is 24.0 Å². The molecule has 2 aromatic rings. The maximum atomic E-state index is 11.7. The van der Waals surface area contributed by atoms with Crippen molar-refractivity contribution in [1.29, 1.82) is 0 Å². The van der Waals surface area contributed by atoms with Crippen molar-refractivity contribution in [3.05, 3.63) is 40.5 Å². The van der Waals surface area contributed by atoms with Gasteiger partial charge < -0.3 is 4.18 Å². The number of rotatable bonds is 2. The minimum Gasteiger partial charge on any atom is -0.361 e. The second-order valence-corrected chi connectivity index (χ2v) is 6.69. The van der Waals surface area contributed by atoms with Crippen LogP contribution in [0.4, 0.5) is 0 Å². The third-order valence-electron chi connectivity index (χ3n) is 3.03. The molecule has 5 nitrogen and oxygen atoms in total. The number of hydrogen-bond acceptors (Lipinski definition) is 4. The number of benzene rings is 1. The van der Waals surface area contributed by atoms with Crippen LogP contribution in [0.15, 0.2) is 24.3 Å². The standard InChI is InChI=1S/C12H10Cl2N2O3S/c13-7-10-8-5-6-20(17,18)19-12(8)16(15-10)11-4-2-1-3-9(11)14/h1-4H,5-7H2. The van der Waals surface area contributed by atoms with E-state index in [9.17, 15) is 8.42 Å². The van der Waals surface area contributed by atoms with E-state index in [4.69, 9.17) is 27.4 Å². The van der Waals surface area contributed by atoms with Gasteiger partial charge in [0.2, 0.25) is 5.88 Å². The predicted molar refractivity (Wildman–Crippen MR) is 76.2 cm³/mol. The van der Waals surface area contributed by atoms with Crippen LogP contribution in [0, 0.1) is 0 Å². The van der Waals surface area contributed by atoms with E-state index in [0.717, 1.165) is 5.56 Å². The molecule has 0 atom stereocenters. The molecule has 0 bridgehead atoms. The van der Waals surface area contributed by atoms with Crippen LogP contribution in [0.1, 0.15) is 11.3 Å². The fourth-order valence-corrected chi connectivity index (χ4v) is 3.48. The largest absolute Gasteiger partial charge is 0.361 e. The first kappa shape index (κ1) is 13.7. The topological polar surface area (TPSA) is 61.2 Å². The first-order valence-corrected chi connectivity index (χ1v) is 8.34. The summed E-state index contributed by atoms with van der Waals surface area (Å²) in [5, 5.41) is 4.77. The molecule has 3 rings (SSSR count). The van der Waals surface area contributed by atoms with Gasteiger partial charge in [-0.3, -0.25) is 0 Å². The van der Waals surface area contributed by atoms with Crippen molar-refractivity contribution in [1.82, 2.24) is 9.78 Å². The number of para-hydroxylation sites is 1. The summed E-state index contributed by atoms with van der Waals surface area (Å²) in [4.78, 5) is 0. The normalized spacial score (nSPS) is 16.5. The Labute approximate surface area is 126 Å². The Morgan fingerprint density at radius 1 is 1.35 bits per heavy atom. The third kappa shape index (κ3) is 2.28. The zero-order valence-corrected chi connectivity index (χ0v) is 12.5. The summed E-state index contributed by atoms with van der Waals surface area (Å²) in [7, 11) is -3.58. The minimum atomic E-state index is -3.58. The van der Waals surface area contributed by atoms with E-state index in [1.54, 1.807) is 24.3 Å². The summed E-state index contributed by atoms with van der Waals surface area (Å²) in [6, 6.07) is 7.00. The Morgan fingerprint density at radius 2 is 2.10 bits per heavy atom. The third-order valence-corrected chi connectivity index (χ3v) is 4.72. The summed E-state index contributed by atoms with van der Waals surface area (Å²) in [6.45, 7) is 0. The zero-order valence-electron chi connectivity index (χ0n) is 10.2. The van der Waals surface area contributed by atoms with Crippen LogP contribution in [0.3, 0.4) is 0 Å². The highest BCUT2D eigenvalue weighted by molar-refractivity contribution is 7.87. The average molecular weight is 333 g/mol. The van der Waals surface area contributed by atoms with Gasteiger partial charge >= 0.3 is 10.1 Å². The quantitative estimate of drug-likeness (QED) is 0.626. The Bertz CT molecular complexity index is 771. The van der Waals surface area contributed by atoms with Gasteiger partial charge in [0.25, 0.3) is 0 Å². The first-order valence-electron chi connectivity index (χ1n) is 5.85. The lowest BCUT2D eigenvalue weighted by molar-refractivity contribution is 0.452. The summed E-state index contributed by atoms with van der Waals surface area (Å²) in [6.07, 6.45) is 0.337. The molecule has 0 saturated heterocycles. The molecule has 0 fully saturated rings. The molecule has 0 spiro atoms. The van der Waals surface area contributed by atoms with E-state index in [2.05, 4.69) is 5.10 Å². The highest BCUT2D eigenvalue weighted by Gasteiger charge is 2.30. The second-order valence-electron chi connectivity index (χ2n) is 4.32. The SMILES string of the molecule is O=S1(=O)CCc2c(CCl)nn(-c3ccccc3Cl)c2O1. The molecule has 0 amide bonds. The lowest BCUT2D eigenvalue weighted by atomic mass is 10.2. The Kier molecular flexibility index (Phi) is 3.40. The van der Waals surface area contributed by atoms with E-state index < -0.39 is 10.1 Å². The second kappa shape index (κ2) is 4.95. The van der Waals surface area contributed by atoms with Crippen molar-refractivity contribution in [3.63, 3.8) is 0 Å². The van der Waals surface area contributed by atoms with Gasteiger partial charge in [0, 0.05) is 5.56 Å². The molecule has 8 heteroatoms. The maximum Gasteiger partial charge on any atom is 0.311 e. The van der Waals surface area contributed by atoms with Gasteiger partial charge in [-0.1, -0.05) is 23.7 Å². The van der Waals surface area contributed by atoms with Gasteiger partial charge in [-0.25, -0.2) is 0 Å². The van der Waals surface area contributed by atoms with Crippen LogP contribution in [0.5, 0.6) is 5.88 Å². The number of hydrogen-bond donors (Lipinski definition) is 0. The van der Waals surface area contributed by atoms with Gasteiger partial charge in [0.1, 0.15) is 0 Å². The van der Waals surface area contributed by atoms with Crippen molar-refractivity contribution in [2.75, 3.05) is 5.75 Å². The number of fused-ring (bicyclic) bond motifs is 1. The summed E-state index contributed by atoms with van der Waals surface area (Å²) in [5.41, 5.74) is 1.88. The van der Waals surface area contributed by atoms with Gasteiger partial charge in [0.15, 0.2) is 0 Å². The van der Waals surface area contributed by atoms with Crippen LogP contribution in [-0.2, 0) is 22.4 Å². The van der Waals surface area contributed by atoms with Crippen LogP contribution >= 0.6 is 23.2 Å². The molecule has 1 aliphatic heterocycles. The molecule has 20 heavy (non-hydrogen) atoms. The molecule has 2 heterocycles. The Balaban J connectivity index is 2.23. The molecule has 0 saturated carbocycles. The highest BCUT2D eigenvalue weighted by Crippen LogP contribution is 2.34. The zero-order chi connectivity index (χ0) is 14.3. The molecular formula is C12H10Cl2N2O3S. The van der Waals surface area contributed by atoms with Gasteiger partial charge in [-0.2, -0.15) is 18.2 Å². The van der Waals surface area contributed by atoms with Gasteiger partial charge in [-0.05, 0) is 18.6 Å². The molecular weight excluding hydrogens is 323 g/mol. The van der Waals surface area contributed by atoms with Crippen molar-refractivity contribution in [2.24, 2.45) is 0 Å². The molecule has 0 unspecified atom stereocenters. The molecule has 1 aromatic heterocycles. The number of halogens is 2. The summed E-state index contributed by atoms with van der Waals surface area (Å²) in [5.74, 6) is 0.293. The molecule has 1 aromatic carbocycles. The number of alkyl halides is 1. The monoisotopic (exact) mass is 332 g/mol. The molecule has 106 valence electrons.